The zero-order valence-corrected chi connectivity index (χ0v) is 13.0. The van der Waals surface area contributed by atoms with Gasteiger partial charge in [0.2, 0.25) is 0 Å². The topological polar surface area (TPSA) is 88.0 Å². The van der Waals surface area contributed by atoms with Gasteiger partial charge in [0.25, 0.3) is 0 Å². The van der Waals surface area contributed by atoms with Gasteiger partial charge in [0.05, 0.1) is 5.56 Å². The third-order valence-corrected chi connectivity index (χ3v) is 4.54. The van der Waals surface area contributed by atoms with Crippen LogP contribution >= 0.6 is 27.7 Å². The SMILES string of the molecule is CCCn1c(Sc2ccc(C(=O)O)cc2Br)n[nH]c1=O. The summed E-state index contributed by atoms with van der Waals surface area (Å²) in [5.41, 5.74) is -0.0400. The Labute approximate surface area is 127 Å². The van der Waals surface area contributed by atoms with Gasteiger partial charge in [-0.2, -0.15) is 0 Å². The Hall–Kier alpha value is -1.54. The molecule has 0 saturated carbocycles. The minimum atomic E-state index is -0.982. The van der Waals surface area contributed by atoms with Gasteiger partial charge in [0.1, 0.15) is 0 Å². The molecule has 0 unspecified atom stereocenters. The van der Waals surface area contributed by atoms with E-state index in [1.165, 1.54) is 23.9 Å². The molecule has 20 heavy (non-hydrogen) atoms. The number of nitrogens with one attached hydrogen (secondary N) is 1. The molecule has 6 nitrogen and oxygen atoms in total. The van der Waals surface area contributed by atoms with Crippen molar-refractivity contribution >= 4 is 33.7 Å². The third kappa shape index (κ3) is 3.13. The summed E-state index contributed by atoms with van der Waals surface area (Å²) in [6.07, 6.45) is 0.826. The van der Waals surface area contributed by atoms with Crippen LogP contribution in [0.15, 0.2) is 37.5 Å². The number of hydrogen-bond acceptors (Lipinski definition) is 4. The van der Waals surface area contributed by atoms with Crippen LogP contribution in [0.25, 0.3) is 0 Å². The number of halogens is 1. The minimum Gasteiger partial charge on any atom is -0.478 e. The molecule has 0 radical (unpaired) electrons. The minimum absolute atomic E-state index is 0.203. The lowest BCUT2D eigenvalue weighted by Gasteiger charge is -2.06. The highest BCUT2D eigenvalue weighted by Gasteiger charge is 2.13. The van der Waals surface area contributed by atoms with E-state index in [-0.39, 0.29) is 11.3 Å². The Morgan fingerprint density at radius 3 is 2.90 bits per heavy atom. The second kappa shape index (κ2) is 6.27. The predicted molar refractivity (Wildman–Crippen MR) is 78.4 cm³/mol. The maximum Gasteiger partial charge on any atom is 0.343 e. The fourth-order valence-electron chi connectivity index (χ4n) is 1.62. The maximum absolute atomic E-state index is 11.6. The first-order valence-electron chi connectivity index (χ1n) is 5.88. The number of aromatic carboxylic acids is 1. The summed E-state index contributed by atoms with van der Waals surface area (Å²) in [7, 11) is 0. The molecule has 2 aromatic rings. The molecule has 2 N–H and O–H groups in total. The van der Waals surface area contributed by atoms with Crippen LogP contribution in [-0.2, 0) is 6.54 Å². The summed E-state index contributed by atoms with van der Waals surface area (Å²) in [6, 6.07) is 4.73. The fraction of sp³-hybridized carbons (Fsp3) is 0.250. The smallest absolute Gasteiger partial charge is 0.343 e. The van der Waals surface area contributed by atoms with E-state index < -0.39 is 5.97 Å². The molecule has 8 heteroatoms. The van der Waals surface area contributed by atoms with Crippen molar-refractivity contribution in [1.82, 2.24) is 14.8 Å². The van der Waals surface area contributed by atoms with Gasteiger partial charge in [-0.1, -0.05) is 6.92 Å². The van der Waals surface area contributed by atoms with Crippen LogP contribution in [-0.4, -0.2) is 25.8 Å². The van der Waals surface area contributed by atoms with E-state index in [9.17, 15) is 9.59 Å². The highest BCUT2D eigenvalue weighted by atomic mass is 79.9. The summed E-state index contributed by atoms with van der Waals surface area (Å²) < 4.78 is 2.21. The Kier molecular flexibility index (Phi) is 4.66. The number of hydrogen-bond donors (Lipinski definition) is 2. The van der Waals surface area contributed by atoms with Crippen molar-refractivity contribution in [1.29, 1.82) is 0 Å². The van der Waals surface area contributed by atoms with Gasteiger partial charge in [-0.15, -0.1) is 5.10 Å². The summed E-state index contributed by atoms with van der Waals surface area (Å²) in [5, 5.41) is 15.9. The van der Waals surface area contributed by atoms with Crippen molar-refractivity contribution in [2.24, 2.45) is 0 Å². The zero-order chi connectivity index (χ0) is 14.7. The molecule has 0 aliphatic carbocycles. The number of aromatic amines is 1. The monoisotopic (exact) mass is 357 g/mol. The molecular weight excluding hydrogens is 346 g/mol. The van der Waals surface area contributed by atoms with Crippen molar-refractivity contribution < 1.29 is 9.90 Å². The third-order valence-electron chi connectivity index (χ3n) is 2.55. The van der Waals surface area contributed by atoms with Crippen LogP contribution < -0.4 is 5.69 Å². The number of carboxylic acid groups (broad SMARTS) is 1. The summed E-state index contributed by atoms with van der Waals surface area (Å²) in [5.74, 6) is -0.982. The number of rotatable bonds is 5. The van der Waals surface area contributed by atoms with Gasteiger partial charge in [0.15, 0.2) is 5.16 Å². The molecular formula is C12H12BrN3O3S. The number of carboxylic acids is 1. The number of nitrogens with zero attached hydrogens (tertiary/aromatic N) is 2. The van der Waals surface area contributed by atoms with Crippen LogP contribution in [0.3, 0.4) is 0 Å². The zero-order valence-electron chi connectivity index (χ0n) is 10.6. The molecule has 0 saturated heterocycles. The van der Waals surface area contributed by atoms with Crippen LogP contribution in [0.1, 0.15) is 23.7 Å². The van der Waals surface area contributed by atoms with E-state index in [2.05, 4.69) is 26.1 Å². The molecule has 106 valence electrons. The van der Waals surface area contributed by atoms with E-state index in [0.717, 1.165) is 11.3 Å². The van der Waals surface area contributed by atoms with Gasteiger partial charge >= 0.3 is 11.7 Å². The van der Waals surface area contributed by atoms with E-state index in [1.807, 2.05) is 6.92 Å². The lowest BCUT2D eigenvalue weighted by molar-refractivity contribution is 0.0696. The maximum atomic E-state index is 11.6. The van der Waals surface area contributed by atoms with Gasteiger partial charge in [0, 0.05) is 15.9 Å². The van der Waals surface area contributed by atoms with E-state index in [0.29, 0.717) is 16.2 Å². The highest BCUT2D eigenvalue weighted by molar-refractivity contribution is 9.10. The molecule has 0 amide bonds. The number of aromatic nitrogens is 3. The first-order chi connectivity index (χ1) is 9.52. The number of benzene rings is 1. The lowest BCUT2D eigenvalue weighted by Crippen LogP contribution is -2.17. The molecule has 1 aromatic carbocycles. The molecule has 1 aromatic heterocycles. The predicted octanol–water partition coefficient (Wildman–Crippen LogP) is 2.59. The van der Waals surface area contributed by atoms with Gasteiger partial charge < -0.3 is 5.11 Å². The van der Waals surface area contributed by atoms with Crippen molar-refractivity contribution in [3.05, 3.63) is 38.7 Å². The normalized spacial score (nSPS) is 10.7. The summed E-state index contributed by atoms with van der Waals surface area (Å²) in [6.45, 7) is 2.56. The first-order valence-corrected chi connectivity index (χ1v) is 7.49. The van der Waals surface area contributed by atoms with Crippen LogP contribution in [0, 0.1) is 0 Å². The molecule has 1 heterocycles. The largest absolute Gasteiger partial charge is 0.478 e. The van der Waals surface area contributed by atoms with Gasteiger partial charge in [-0.3, -0.25) is 4.57 Å². The molecule has 0 spiro atoms. The molecule has 0 bridgehead atoms. The Morgan fingerprint density at radius 1 is 1.55 bits per heavy atom. The second-order valence-electron chi connectivity index (χ2n) is 4.02. The van der Waals surface area contributed by atoms with Crippen molar-refractivity contribution in [2.45, 2.75) is 29.9 Å². The quantitative estimate of drug-likeness (QED) is 0.858. The fourth-order valence-corrected chi connectivity index (χ4v) is 3.10. The second-order valence-corrected chi connectivity index (χ2v) is 5.88. The Morgan fingerprint density at radius 2 is 2.30 bits per heavy atom. The number of carbonyl (C=O) groups is 1. The Balaban J connectivity index is 2.31. The van der Waals surface area contributed by atoms with E-state index >= 15 is 0 Å². The lowest BCUT2D eigenvalue weighted by atomic mass is 10.2. The van der Waals surface area contributed by atoms with E-state index in [4.69, 9.17) is 5.11 Å². The molecule has 0 atom stereocenters. The molecule has 2 rings (SSSR count). The average Bonchev–Trinajstić information content (AvgIpc) is 2.74. The van der Waals surface area contributed by atoms with Crippen LogP contribution in [0.4, 0.5) is 0 Å². The molecule has 0 aliphatic heterocycles. The summed E-state index contributed by atoms with van der Waals surface area (Å²) >= 11 is 4.64. The van der Waals surface area contributed by atoms with Gasteiger partial charge in [-0.25, -0.2) is 14.7 Å². The number of H-pyrrole nitrogens is 1. The van der Waals surface area contributed by atoms with Crippen LogP contribution in [0.5, 0.6) is 0 Å². The average molecular weight is 358 g/mol. The van der Waals surface area contributed by atoms with Crippen molar-refractivity contribution in [3.8, 4) is 0 Å². The van der Waals surface area contributed by atoms with E-state index in [1.54, 1.807) is 10.6 Å². The van der Waals surface area contributed by atoms with Crippen LogP contribution in [0.2, 0.25) is 0 Å². The standard InChI is InChI=1S/C12H12BrN3O3S/c1-2-5-16-11(19)14-15-12(16)20-9-4-3-7(10(17)18)6-8(9)13/h3-4,6H,2,5H2,1H3,(H,14,19)(H,17,18). The van der Waals surface area contributed by atoms with Gasteiger partial charge in [-0.05, 0) is 52.3 Å². The summed E-state index contributed by atoms with van der Waals surface area (Å²) in [4.78, 5) is 23.3. The molecule has 0 aliphatic rings. The van der Waals surface area contributed by atoms with Crippen molar-refractivity contribution in [3.63, 3.8) is 0 Å². The molecule has 0 fully saturated rings. The highest BCUT2D eigenvalue weighted by Crippen LogP contribution is 2.32. The first kappa shape index (κ1) is 14.9. The van der Waals surface area contributed by atoms with Crippen molar-refractivity contribution in [2.75, 3.05) is 0 Å². The Bertz CT molecular complexity index is 695.